The van der Waals surface area contributed by atoms with Gasteiger partial charge < -0.3 is 9.47 Å². The Hall–Kier alpha value is -1.06. The predicted molar refractivity (Wildman–Crippen MR) is 35.7 cm³/mol. The van der Waals surface area contributed by atoms with Crippen molar-refractivity contribution >= 4 is 12.4 Å². The van der Waals surface area contributed by atoms with E-state index < -0.39 is 17.5 Å². The largest absolute Gasteiger partial charge is 0.462 e. The average Bonchev–Trinajstić information content (AvgIpc) is 2.16. The first kappa shape index (κ1) is 8.04. The van der Waals surface area contributed by atoms with E-state index in [4.69, 9.17) is 4.74 Å². The zero-order chi connectivity index (χ0) is 8.48. The number of hydrogen-bond acceptors (Lipinski definition) is 4. The summed E-state index contributed by atoms with van der Waals surface area (Å²) in [6.45, 7) is 4.21. The minimum atomic E-state index is -0.736. The van der Waals surface area contributed by atoms with E-state index in [1.54, 1.807) is 0 Å². The Bertz CT molecular complexity index is 185. The lowest BCUT2D eigenvalue weighted by Crippen LogP contribution is -2.32. The van der Waals surface area contributed by atoms with Crippen LogP contribution in [0, 0.1) is 5.41 Å². The van der Waals surface area contributed by atoms with Gasteiger partial charge in [0.1, 0.15) is 6.61 Å². The van der Waals surface area contributed by atoms with Gasteiger partial charge in [-0.2, -0.15) is 0 Å². The molecule has 1 aliphatic rings. The van der Waals surface area contributed by atoms with E-state index in [9.17, 15) is 9.59 Å². The van der Waals surface area contributed by atoms with E-state index in [2.05, 4.69) is 4.74 Å². The van der Waals surface area contributed by atoms with Crippen LogP contribution in [0.5, 0.6) is 0 Å². The molecule has 0 amide bonds. The van der Waals surface area contributed by atoms with Crippen molar-refractivity contribution in [2.75, 3.05) is 6.61 Å². The summed E-state index contributed by atoms with van der Waals surface area (Å²) in [6.07, 6.45) is -0.736. The molecule has 0 aliphatic carbocycles. The van der Waals surface area contributed by atoms with Gasteiger partial charge in [-0.05, 0) is 0 Å². The third-order valence-corrected chi connectivity index (χ3v) is 1.70. The minimum absolute atomic E-state index is 0.277. The molecule has 0 aromatic carbocycles. The third-order valence-electron chi connectivity index (χ3n) is 1.70. The third kappa shape index (κ3) is 1.34. The van der Waals surface area contributed by atoms with Crippen LogP contribution in [0.2, 0.25) is 0 Å². The van der Waals surface area contributed by atoms with Gasteiger partial charge in [0.05, 0.1) is 0 Å². The Morgan fingerprint density at radius 3 is 2.73 bits per heavy atom. The summed E-state index contributed by atoms with van der Waals surface area (Å²) in [4.78, 5) is 20.8. The highest BCUT2D eigenvalue weighted by molar-refractivity contribution is 5.79. The van der Waals surface area contributed by atoms with Crippen molar-refractivity contribution in [3.05, 3.63) is 0 Å². The highest BCUT2D eigenvalue weighted by Gasteiger charge is 2.45. The van der Waals surface area contributed by atoms with Crippen molar-refractivity contribution in [1.82, 2.24) is 0 Å². The molecule has 0 bridgehead atoms. The molecule has 1 fully saturated rings. The summed E-state index contributed by atoms with van der Waals surface area (Å²) < 4.78 is 9.29. The van der Waals surface area contributed by atoms with Gasteiger partial charge in [0.25, 0.3) is 6.47 Å². The molecule has 1 heterocycles. The number of carbonyl (C=O) groups excluding carboxylic acids is 2. The van der Waals surface area contributed by atoms with Gasteiger partial charge in [-0.25, -0.2) is 4.79 Å². The zero-order valence-electron chi connectivity index (χ0n) is 6.49. The summed E-state index contributed by atoms with van der Waals surface area (Å²) in [5, 5.41) is 0. The standard InChI is InChI=1S/C7H10O4/c1-7(2)3-10-6(9)5(7)11-4-8/h4-5H,3H2,1-2H3/t5-/m1/s1. The van der Waals surface area contributed by atoms with Crippen molar-refractivity contribution in [1.29, 1.82) is 0 Å². The molecule has 62 valence electrons. The van der Waals surface area contributed by atoms with E-state index >= 15 is 0 Å². The normalized spacial score (nSPS) is 27.8. The van der Waals surface area contributed by atoms with Gasteiger partial charge in [-0.1, -0.05) is 13.8 Å². The minimum Gasteiger partial charge on any atom is -0.462 e. The zero-order valence-corrected chi connectivity index (χ0v) is 6.49. The van der Waals surface area contributed by atoms with Gasteiger partial charge in [0.2, 0.25) is 6.10 Å². The number of esters is 1. The quantitative estimate of drug-likeness (QED) is 0.423. The molecule has 0 aromatic heterocycles. The fourth-order valence-electron chi connectivity index (χ4n) is 1.02. The molecule has 0 unspecified atom stereocenters. The fraction of sp³-hybridized carbons (Fsp3) is 0.714. The molecule has 0 aromatic rings. The number of carbonyl (C=O) groups is 2. The Balaban J connectivity index is 2.71. The second-order valence-corrected chi connectivity index (χ2v) is 3.21. The van der Waals surface area contributed by atoms with Crippen LogP contribution in [-0.2, 0) is 19.1 Å². The van der Waals surface area contributed by atoms with E-state index in [0.717, 1.165) is 0 Å². The van der Waals surface area contributed by atoms with Crippen LogP contribution in [0.25, 0.3) is 0 Å². The molecule has 0 spiro atoms. The smallest absolute Gasteiger partial charge is 0.348 e. The van der Waals surface area contributed by atoms with Crippen LogP contribution >= 0.6 is 0 Å². The maximum Gasteiger partial charge on any atom is 0.348 e. The highest BCUT2D eigenvalue weighted by atomic mass is 16.6. The van der Waals surface area contributed by atoms with Gasteiger partial charge in [0.15, 0.2) is 0 Å². The molecule has 0 saturated carbocycles. The molecular formula is C7H10O4. The summed E-state index contributed by atoms with van der Waals surface area (Å²) in [6, 6.07) is 0. The molecule has 1 atom stereocenters. The summed E-state index contributed by atoms with van der Waals surface area (Å²) in [5.41, 5.74) is -0.391. The molecule has 1 saturated heterocycles. The number of rotatable bonds is 2. The van der Waals surface area contributed by atoms with E-state index in [1.807, 2.05) is 13.8 Å². The van der Waals surface area contributed by atoms with Crippen molar-refractivity contribution in [2.24, 2.45) is 5.41 Å². The van der Waals surface area contributed by atoms with Gasteiger partial charge >= 0.3 is 5.97 Å². The SMILES string of the molecule is CC1(C)COC(=O)[C@H]1OC=O. The van der Waals surface area contributed by atoms with Crippen LogP contribution < -0.4 is 0 Å². The Kier molecular flexibility index (Phi) is 1.85. The lowest BCUT2D eigenvalue weighted by molar-refractivity contribution is -0.154. The van der Waals surface area contributed by atoms with E-state index in [-0.39, 0.29) is 6.47 Å². The number of cyclic esters (lactones) is 1. The predicted octanol–water partition coefficient (Wildman–Crippen LogP) is 0.111. The molecule has 0 radical (unpaired) electrons. The first-order valence-corrected chi connectivity index (χ1v) is 3.33. The molecule has 11 heavy (non-hydrogen) atoms. The Morgan fingerprint density at radius 1 is 1.73 bits per heavy atom. The molecule has 0 N–H and O–H groups in total. The fourth-order valence-corrected chi connectivity index (χ4v) is 1.02. The summed E-state index contributed by atoms with van der Waals surface area (Å²) >= 11 is 0. The van der Waals surface area contributed by atoms with Crippen LogP contribution in [0.15, 0.2) is 0 Å². The Labute approximate surface area is 64.5 Å². The summed E-state index contributed by atoms with van der Waals surface area (Å²) in [7, 11) is 0. The number of hydrogen-bond donors (Lipinski definition) is 0. The molecule has 4 nitrogen and oxygen atoms in total. The molecule has 1 aliphatic heterocycles. The lowest BCUT2D eigenvalue weighted by atomic mass is 9.90. The second-order valence-electron chi connectivity index (χ2n) is 3.21. The van der Waals surface area contributed by atoms with Crippen molar-refractivity contribution in [3.8, 4) is 0 Å². The van der Waals surface area contributed by atoms with Crippen molar-refractivity contribution in [2.45, 2.75) is 20.0 Å². The van der Waals surface area contributed by atoms with E-state index in [1.165, 1.54) is 0 Å². The van der Waals surface area contributed by atoms with Crippen molar-refractivity contribution < 1.29 is 19.1 Å². The molecular weight excluding hydrogens is 148 g/mol. The maximum atomic E-state index is 10.9. The van der Waals surface area contributed by atoms with Gasteiger partial charge in [-0.15, -0.1) is 0 Å². The topological polar surface area (TPSA) is 52.6 Å². The second kappa shape index (κ2) is 2.53. The molecule has 4 heteroatoms. The van der Waals surface area contributed by atoms with E-state index in [0.29, 0.717) is 6.61 Å². The van der Waals surface area contributed by atoms with Crippen LogP contribution in [-0.4, -0.2) is 25.2 Å². The first-order valence-electron chi connectivity index (χ1n) is 3.33. The van der Waals surface area contributed by atoms with Gasteiger partial charge in [-0.3, -0.25) is 4.79 Å². The lowest BCUT2D eigenvalue weighted by Gasteiger charge is -2.18. The monoisotopic (exact) mass is 158 g/mol. The highest BCUT2D eigenvalue weighted by Crippen LogP contribution is 2.30. The van der Waals surface area contributed by atoms with Crippen LogP contribution in [0.1, 0.15) is 13.8 Å². The average molecular weight is 158 g/mol. The first-order chi connectivity index (χ1) is 5.08. The van der Waals surface area contributed by atoms with Crippen molar-refractivity contribution in [3.63, 3.8) is 0 Å². The number of ether oxygens (including phenoxy) is 2. The maximum absolute atomic E-state index is 10.9. The van der Waals surface area contributed by atoms with Crippen LogP contribution in [0.4, 0.5) is 0 Å². The van der Waals surface area contributed by atoms with Gasteiger partial charge in [0, 0.05) is 5.41 Å². The Morgan fingerprint density at radius 2 is 2.36 bits per heavy atom. The summed E-state index contributed by atoms with van der Waals surface area (Å²) in [5.74, 6) is -0.456. The molecule has 1 rings (SSSR count). The van der Waals surface area contributed by atoms with Crippen LogP contribution in [0.3, 0.4) is 0 Å².